The molecule has 1 aliphatic rings. The summed E-state index contributed by atoms with van der Waals surface area (Å²) in [5, 5.41) is 5.09. The molecule has 4 nitrogen and oxygen atoms in total. The van der Waals surface area contributed by atoms with Crippen molar-refractivity contribution in [3.05, 3.63) is 81.9 Å². The number of halogens is 1. The molecule has 31 heavy (non-hydrogen) atoms. The molecule has 2 aromatic heterocycles. The van der Waals surface area contributed by atoms with Gasteiger partial charge in [-0.15, -0.1) is 0 Å². The van der Waals surface area contributed by atoms with E-state index in [0.717, 1.165) is 28.1 Å². The standard InChI is InChI=1S/C25H29ClN4S/c1-15(2)14-29-24(23(28-25(29)31)21-8-6-7-11-27-21)20-12-17(4)30(18(20)5)22-13-19(26)10-9-16(22)3/h6-13,15,23-24H,14H2,1-5H3,(H,28,31)/t23-,24+/m1/s1. The number of thiocarbonyl (C=S) groups is 1. The summed E-state index contributed by atoms with van der Waals surface area (Å²) in [6.07, 6.45) is 1.85. The summed E-state index contributed by atoms with van der Waals surface area (Å²) in [4.78, 5) is 6.98. The Hall–Kier alpha value is -2.37. The summed E-state index contributed by atoms with van der Waals surface area (Å²) in [7, 11) is 0. The van der Waals surface area contributed by atoms with Crippen LogP contribution in [0.4, 0.5) is 0 Å². The fourth-order valence-electron chi connectivity index (χ4n) is 4.62. The molecule has 6 heteroatoms. The van der Waals surface area contributed by atoms with Crippen LogP contribution in [-0.4, -0.2) is 26.1 Å². The third kappa shape index (κ3) is 4.09. The molecule has 3 aromatic rings. The Labute approximate surface area is 195 Å². The average molecular weight is 453 g/mol. The van der Waals surface area contributed by atoms with Crippen molar-refractivity contribution in [1.29, 1.82) is 0 Å². The Bertz CT molecular complexity index is 1110. The van der Waals surface area contributed by atoms with E-state index < -0.39 is 0 Å². The van der Waals surface area contributed by atoms with Gasteiger partial charge in [0.25, 0.3) is 0 Å². The first-order valence-electron chi connectivity index (χ1n) is 10.7. The lowest BCUT2D eigenvalue weighted by atomic mass is 9.96. The van der Waals surface area contributed by atoms with Gasteiger partial charge >= 0.3 is 0 Å². The van der Waals surface area contributed by atoms with Gasteiger partial charge in [-0.2, -0.15) is 0 Å². The predicted molar refractivity (Wildman–Crippen MR) is 132 cm³/mol. The van der Waals surface area contributed by atoms with E-state index in [1.54, 1.807) is 0 Å². The van der Waals surface area contributed by atoms with Crippen LogP contribution in [0.2, 0.25) is 5.02 Å². The van der Waals surface area contributed by atoms with Gasteiger partial charge in [0.15, 0.2) is 5.11 Å². The van der Waals surface area contributed by atoms with Gasteiger partial charge < -0.3 is 14.8 Å². The summed E-state index contributed by atoms with van der Waals surface area (Å²) in [6.45, 7) is 11.8. The lowest BCUT2D eigenvalue weighted by Gasteiger charge is -2.29. The normalized spacial score (nSPS) is 18.7. The number of aryl methyl sites for hydroxylation is 2. The SMILES string of the molecule is Cc1ccc(Cl)cc1-n1c(C)cc([C@H]2[C@@H](c3ccccn3)NC(=S)N2CC(C)C)c1C. The Kier molecular flexibility index (Phi) is 6.09. The van der Waals surface area contributed by atoms with Crippen LogP contribution in [0.25, 0.3) is 5.69 Å². The van der Waals surface area contributed by atoms with Gasteiger partial charge in [0.1, 0.15) is 0 Å². The average Bonchev–Trinajstić information content (AvgIpc) is 3.20. The van der Waals surface area contributed by atoms with Crippen molar-refractivity contribution in [3.8, 4) is 5.69 Å². The number of benzene rings is 1. The zero-order chi connectivity index (χ0) is 22.3. The van der Waals surface area contributed by atoms with Gasteiger partial charge in [0.05, 0.1) is 17.8 Å². The van der Waals surface area contributed by atoms with Gasteiger partial charge in [0, 0.05) is 34.8 Å². The molecule has 0 aliphatic carbocycles. The molecule has 0 amide bonds. The molecule has 3 heterocycles. The zero-order valence-electron chi connectivity index (χ0n) is 18.7. The van der Waals surface area contributed by atoms with Crippen LogP contribution in [0.1, 0.15) is 54.1 Å². The minimum Gasteiger partial charge on any atom is -0.352 e. The number of hydrogen-bond acceptors (Lipinski definition) is 2. The van der Waals surface area contributed by atoms with Crippen molar-refractivity contribution in [2.45, 2.75) is 46.7 Å². The van der Waals surface area contributed by atoms with Crippen LogP contribution in [0, 0.1) is 26.7 Å². The number of pyridine rings is 1. The van der Waals surface area contributed by atoms with Crippen molar-refractivity contribution < 1.29 is 0 Å². The van der Waals surface area contributed by atoms with Crippen molar-refractivity contribution in [1.82, 2.24) is 19.8 Å². The summed E-state index contributed by atoms with van der Waals surface area (Å²) >= 11 is 12.1. The minimum atomic E-state index is 0.00172. The van der Waals surface area contributed by atoms with Crippen molar-refractivity contribution in [3.63, 3.8) is 0 Å². The molecule has 0 bridgehead atoms. The second-order valence-electron chi connectivity index (χ2n) is 8.77. The monoisotopic (exact) mass is 452 g/mol. The molecular weight excluding hydrogens is 424 g/mol. The Balaban J connectivity index is 1.86. The fourth-order valence-corrected chi connectivity index (χ4v) is 5.10. The van der Waals surface area contributed by atoms with Crippen LogP contribution in [-0.2, 0) is 0 Å². The van der Waals surface area contributed by atoms with Crippen molar-refractivity contribution in [2.75, 3.05) is 6.54 Å². The minimum absolute atomic E-state index is 0.00172. The third-order valence-corrected chi connectivity index (χ3v) is 6.55. The summed E-state index contributed by atoms with van der Waals surface area (Å²) in [6, 6.07) is 14.5. The molecule has 1 N–H and O–H groups in total. The molecule has 2 atom stereocenters. The lowest BCUT2D eigenvalue weighted by molar-refractivity contribution is 0.287. The maximum absolute atomic E-state index is 6.35. The van der Waals surface area contributed by atoms with E-state index in [4.69, 9.17) is 23.8 Å². The predicted octanol–water partition coefficient (Wildman–Crippen LogP) is 6.08. The van der Waals surface area contributed by atoms with Gasteiger partial charge in [0.2, 0.25) is 0 Å². The maximum Gasteiger partial charge on any atom is 0.170 e. The second kappa shape index (κ2) is 8.64. The highest BCUT2D eigenvalue weighted by molar-refractivity contribution is 7.80. The van der Waals surface area contributed by atoms with Crippen LogP contribution in [0.15, 0.2) is 48.7 Å². The molecule has 0 radical (unpaired) electrons. The topological polar surface area (TPSA) is 33.1 Å². The first-order chi connectivity index (χ1) is 14.8. The van der Waals surface area contributed by atoms with E-state index in [0.29, 0.717) is 5.92 Å². The van der Waals surface area contributed by atoms with E-state index in [1.807, 2.05) is 30.5 Å². The maximum atomic E-state index is 6.35. The number of rotatable bonds is 5. The quantitative estimate of drug-likeness (QED) is 0.475. The van der Waals surface area contributed by atoms with E-state index in [2.05, 4.69) is 72.6 Å². The van der Waals surface area contributed by atoms with Crippen LogP contribution < -0.4 is 5.32 Å². The summed E-state index contributed by atoms with van der Waals surface area (Å²) in [5.41, 5.74) is 6.96. The molecule has 1 aliphatic heterocycles. The molecule has 1 saturated heterocycles. The highest BCUT2D eigenvalue weighted by atomic mass is 35.5. The second-order valence-corrected chi connectivity index (χ2v) is 9.59. The van der Waals surface area contributed by atoms with Crippen molar-refractivity contribution >= 4 is 28.9 Å². The lowest BCUT2D eigenvalue weighted by Crippen LogP contribution is -2.33. The highest BCUT2D eigenvalue weighted by Gasteiger charge is 2.41. The first-order valence-corrected chi connectivity index (χ1v) is 11.5. The van der Waals surface area contributed by atoms with Gasteiger partial charge in [-0.25, -0.2) is 0 Å². The molecule has 0 saturated carbocycles. The third-order valence-electron chi connectivity index (χ3n) is 5.96. The molecular formula is C25H29ClN4S. The Morgan fingerprint density at radius 2 is 1.90 bits per heavy atom. The highest BCUT2D eigenvalue weighted by Crippen LogP contribution is 2.42. The van der Waals surface area contributed by atoms with E-state index >= 15 is 0 Å². The Morgan fingerprint density at radius 1 is 1.13 bits per heavy atom. The molecule has 162 valence electrons. The number of aromatic nitrogens is 2. The zero-order valence-corrected chi connectivity index (χ0v) is 20.3. The van der Waals surface area contributed by atoms with Gasteiger partial charge in [-0.3, -0.25) is 4.98 Å². The molecule has 4 rings (SSSR count). The number of hydrogen-bond donors (Lipinski definition) is 1. The van der Waals surface area contributed by atoms with Gasteiger partial charge in [-0.05, 0) is 80.4 Å². The van der Waals surface area contributed by atoms with Gasteiger partial charge in [-0.1, -0.05) is 37.6 Å². The van der Waals surface area contributed by atoms with Crippen LogP contribution in [0.5, 0.6) is 0 Å². The Morgan fingerprint density at radius 3 is 2.58 bits per heavy atom. The smallest absolute Gasteiger partial charge is 0.170 e. The fraction of sp³-hybridized carbons (Fsp3) is 0.360. The molecule has 0 unspecified atom stereocenters. The van der Waals surface area contributed by atoms with Crippen LogP contribution >= 0.6 is 23.8 Å². The molecule has 1 fully saturated rings. The molecule has 1 aromatic carbocycles. The summed E-state index contributed by atoms with van der Waals surface area (Å²) < 4.78 is 2.31. The van der Waals surface area contributed by atoms with E-state index in [1.165, 1.54) is 22.5 Å². The summed E-state index contributed by atoms with van der Waals surface area (Å²) in [5.74, 6) is 0.489. The van der Waals surface area contributed by atoms with Crippen molar-refractivity contribution in [2.24, 2.45) is 5.92 Å². The first kappa shape index (κ1) is 21.8. The number of nitrogens with zero attached hydrogens (tertiary/aromatic N) is 3. The van der Waals surface area contributed by atoms with Crippen LogP contribution in [0.3, 0.4) is 0 Å². The van der Waals surface area contributed by atoms with E-state index in [9.17, 15) is 0 Å². The van der Waals surface area contributed by atoms with E-state index in [-0.39, 0.29) is 12.1 Å². The largest absolute Gasteiger partial charge is 0.352 e. The molecule has 0 spiro atoms. The number of nitrogens with one attached hydrogen (secondary N) is 1.